The van der Waals surface area contributed by atoms with E-state index in [4.69, 9.17) is 4.74 Å². The van der Waals surface area contributed by atoms with E-state index in [-0.39, 0.29) is 0 Å². The minimum absolute atomic E-state index is 0.632. The van der Waals surface area contributed by atoms with E-state index < -0.39 is 0 Å². The highest BCUT2D eigenvalue weighted by Gasteiger charge is 2.10. The lowest BCUT2D eigenvalue weighted by Gasteiger charge is -2.08. The molecule has 0 aromatic heterocycles. The summed E-state index contributed by atoms with van der Waals surface area (Å²) < 4.78 is 5.37. The van der Waals surface area contributed by atoms with E-state index >= 15 is 0 Å². The second-order valence-corrected chi connectivity index (χ2v) is 2.55. The van der Waals surface area contributed by atoms with Crippen molar-refractivity contribution in [3.05, 3.63) is 11.8 Å². The zero-order valence-electron chi connectivity index (χ0n) is 6.18. The standard InChI is InChI=1S/C8H14O/c1-3-7(2)8-5-4-6-9-8/h5,7H,3-4,6H2,1-2H3. The third-order valence-electron chi connectivity index (χ3n) is 1.83. The highest BCUT2D eigenvalue weighted by Crippen LogP contribution is 2.20. The number of hydrogen-bond acceptors (Lipinski definition) is 1. The summed E-state index contributed by atoms with van der Waals surface area (Å²) in [5.41, 5.74) is 0. The average molecular weight is 126 g/mol. The number of allylic oxidation sites excluding steroid dienone is 1. The van der Waals surface area contributed by atoms with Crippen molar-refractivity contribution in [2.45, 2.75) is 26.7 Å². The number of hydrogen-bond donors (Lipinski definition) is 0. The van der Waals surface area contributed by atoms with Crippen molar-refractivity contribution in [2.75, 3.05) is 6.61 Å². The SMILES string of the molecule is CCC(C)C1=CCCO1. The molecule has 0 radical (unpaired) electrons. The summed E-state index contributed by atoms with van der Waals surface area (Å²) in [6.45, 7) is 5.30. The first-order valence-corrected chi connectivity index (χ1v) is 3.67. The first-order valence-electron chi connectivity index (χ1n) is 3.67. The highest BCUT2D eigenvalue weighted by atomic mass is 16.5. The van der Waals surface area contributed by atoms with Gasteiger partial charge in [0.2, 0.25) is 0 Å². The second kappa shape index (κ2) is 2.90. The van der Waals surface area contributed by atoms with Crippen LogP contribution >= 0.6 is 0 Å². The molecule has 0 N–H and O–H groups in total. The first-order chi connectivity index (χ1) is 4.34. The van der Waals surface area contributed by atoms with Crippen LogP contribution in [-0.2, 0) is 4.74 Å². The van der Waals surface area contributed by atoms with Crippen molar-refractivity contribution in [3.63, 3.8) is 0 Å². The molecule has 1 atom stereocenters. The lowest BCUT2D eigenvalue weighted by atomic mass is 10.1. The van der Waals surface area contributed by atoms with Crippen LogP contribution in [0.3, 0.4) is 0 Å². The van der Waals surface area contributed by atoms with E-state index in [1.54, 1.807) is 0 Å². The van der Waals surface area contributed by atoms with Crippen LogP contribution in [0, 0.1) is 5.92 Å². The zero-order chi connectivity index (χ0) is 6.69. The highest BCUT2D eigenvalue weighted by molar-refractivity contribution is 5.01. The Bertz CT molecular complexity index is 116. The summed E-state index contributed by atoms with van der Waals surface area (Å²) in [7, 11) is 0. The van der Waals surface area contributed by atoms with Crippen LogP contribution in [0.25, 0.3) is 0 Å². The van der Waals surface area contributed by atoms with Crippen molar-refractivity contribution in [3.8, 4) is 0 Å². The third-order valence-corrected chi connectivity index (χ3v) is 1.83. The number of rotatable bonds is 2. The predicted octanol–water partition coefficient (Wildman–Crippen LogP) is 2.34. The summed E-state index contributed by atoms with van der Waals surface area (Å²) in [5.74, 6) is 1.84. The van der Waals surface area contributed by atoms with Gasteiger partial charge in [-0.15, -0.1) is 0 Å². The lowest BCUT2D eigenvalue weighted by Crippen LogP contribution is -1.97. The van der Waals surface area contributed by atoms with E-state index in [1.807, 2.05) is 0 Å². The molecule has 1 rings (SSSR count). The van der Waals surface area contributed by atoms with Gasteiger partial charge in [-0.2, -0.15) is 0 Å². The first kappa shape index (κ1) is 6.66. The maximum Gasteiger partial charge on any atom is 0.0949 e. The van der Waals surface area contributed by atoms with Gasteiger partial charge in [-0.1, -0.05) is 13.8 Å². The molecule has 0 aromatic carbocycles. The van der Waals surface area contributed by atoms with Gasteiger partial charge in [-0.05, 0) is 12.5 Å². The molecule has 9 heavy (non-hydrogen) atoms. The van der Waals surface area contributed by atoms with Crippen LogP contribution < -0.4 is 0 Å². The van der Waals surface area contributed by atoms with Gasteiger partial charge < -0.3 is 4.74 Å². The monoisotopic (exact) mass is 126 g/mol. The summed E-state index contributed by atoms with van der Waals surface area (Å²) >= 11 is 0. The topological polar surface area (TPSA) is 9.23 Å². The van der Waals surface area contributed by atoms with E-state index in [0.29, 0.717) is 5.92 Å². The fraction of sp³-hybridized carbons (Fsp3) is 0.750. The lowest BCUT2D eigenvalue weighted by molar-refractivity contribution is 0.210. The summed E-state index contributed by atoms with van der Waals surface area (Å²) in [6, 6.07) is 0. The molecule has 1 heteroatoms. The Balaban J connectivity index is 2.40. The average Bonchev–Trinajstić information content (AvgIpc) is 2.37. The minimum atomic E-state index is 0.632. The van der Waals surface area contributed by atoms with Crippen LogP contribution in [0.4, 0.5) is 0 Å². The van der Waals surface area contributed by atoms with Crippen LogP contribution in [0.1, 0.15) is 26.7 Å². The molecule has 1 heterocycles. The molecule has 1 nitrogen and oxygen atoms in total. The summed E-state index contributed by atoms with van der Waals surface area (Å²) in [6.07, 6.45) is 4.50. The van der Waals surface area contributed by atoms with Gasteiger partial charge in [0, 0.05) is 12.3 Å². The Morgan fingerprint density at radius 3 is 3.00 bits per heavy atom. The molecule has 0 saturated carbocycles. The Labute approximate surface area is 56.7 Å². The molecule has 0 aliphatic carbocycles. The molecule has 1 unspecified atom stereocenters. The smallest absolute Gasteiger partial charge is 0.0949 e. The van der Waals surface area contributed by atoms with Gasteiger partial charge in [0.25, 0.3) is 0 Å². The van der Waals surface area contributed by atoms with Crippen molar-refractivity contribution >= 4 is 0 Å². The predicted molar refractivity (Wildman–Crippen MR) is 38.1 cm³/mol. The quantitative estimate of drug-likeness (QED) is 0.551. The van der Waals surface area contributed by atoms with Crippen LogP contribution in [-0.4, -0.2) is 6.61 Å². The fourth-order valence-corrected chi connectivity index (χ4v) is 0.982. The van der Waals surface area contributed by atoms with Crippen LogP contribution in [0.15, 0.2) is 11.8 Å². The van der Waals surface area contributed by atoms with E-state index in [1.165, 1.54) is 12.2 Å². The molecule has 0 bridgehead atoms. The van der Waals surface area contributed by atoms with Crippen molar-refractivity contribution < 1.29 is 4.74 Å². The molecule has 0 fully saturated rings. The molecule has 0 amide bonds. The van der Waals surface area contributed by atoms with Gasteiger partial charge in [0.1, 0.15) is 0 Å². The van der Waals surface area contributed by atoms with Gasteiger partial charge in [-0.25, -0.2) is 0 Å². The van der Waals surface area contributed by atoms with Gasteiger partial charge in [0.05, 0.1) is 12.4 Å². The second-order valence-electron chi connectivity index (χ2n) is 2.55. The van der Waals surface area contributed by atoms with Gasteiger partial charge >= 0.3 is 0 Å². The maximum absolute atomic E-state index is 5.37. The van der Waals surface area contributed by atoms with E-state index in [2.05, 4.69) is 19.9 Å². The van der Waals surface area contributed by atoms with Crippen molar-refractivity contribution in [1.82, 2.24) is 0 Å². The Kier molecular flexibility index (Phi) is 2.15. The van der Waals surface area contributed by atoms with Crippen molar-refractivity contribution in [2.24, 2.45) is 5.92 Å². The molecule has 1 aliphatic heterocycles. The Morgan fingerprint density at radius 1 is 1.78 bits per heavy atom. The van der Waals surface area contributed by atoms with Crippen LogP contribution in [0.2, 0.25) is 0 Å². The molecular formula is C8H14O. The Hall–Kier alpha value is -0.460. The molecule has 0 spiro atoms. The Morgan fingerprint density at radius 2 is 2.56 bits per heavy atom. The summed E-state index contributed by atoms with van der Waals surface area (Å²) in [4.78, 5) is 0. The molecule has 0 saturated heterocycles. The largest absolute Gasteiger partial charge is 0.498 e. The molecule has 0 aromatic rings. The summed E-state index contributed by atoms with van der Waals surface area (Å²) in [5, 5.41) is 0. The zero-order valence-corrected chi connectivity index (χ0v) is 6.18. The third kappa shape index (κ3) is 1.47. The molecule has 52 valence electrons. The normalized spacial score (nSPS) is 20.9. The van der Waals surface area contributed by atoms with Gasteiger partial charge in [0.15, 0.2) is 0 Å². The molecule has 1 aliphatic rings. The minimum Gasteiger partial charge on any atom is -0.498 e. The molecular weight excluding hydrogens is 112 g/mol. The van der Waals surface area contributed by atoms with E-state index in [0.717, 1.165) is 13.0 Å². The van der Waals surface area contributed by atoms with E-state index in [9.17, 15) is 0 Å². The number of ether oxygens (including phenoxy) is 1. The van der Waals surface area contributed by atoms with Crippen molar-refractivity contribution in [1.29, 1.82) is 0 Å². The fourth-order valence-electron chi connectivity index (χ4n) is 0.982. The van der Waals surface area contributed by atoms with Gasteiger partial charge in [-0.3, -0.25) is 0 Å². The van der Waals surface area contributed by atoms with Crippen LogP contribution in [0.5, 0.6) is 0 Å². The maximum atomic E-state index is 5.37.